The van der Waals surface area contributed by atoms with Crippen LogP contribution in [0.15, 0.2) is 23.4 Å². The Hall–Kier alpha value is -1.03. The Kier molecular flexibility index (Phi) is 4.15. The summed E-state index contributed by atoms with van der Waals surface area (Å²) in [5.41, 5.74) is 6.29. The van der Waals surface area contributed by atoms with Crippen LogP contribution in [0.3, 0.4) is 0 Å². The van der Waals surface area contributed by atoms with Gasteiger partial charge in [-0.3, -0.25) is 10.4 Å². The minimum absolute atomic E-state index is 0.107. The van der Waals surface area contributed by atoms with Crippen LogP contribution in [0.4, 0.5) is 0 Å². The summed E-state index contributed by atoms with van der Waals surface area (Å²) in [7, 11) is 0. The topological polar surface area (TPSA) is 62.8 Å². The SMILES string of the molecule is CC(C)C(C)Sc1cnccc1C(=N)N. The van der Waals surface area contributed by atoms with E-state index in [1.54, 1.807) is 30.2 Å². The Bertz CT molecular complexity index is 349. The van der Waals surface area contributed by atoms with E-state index in [-0.39, 0.29) is 5.84 Å². The van der Waals surface area contributed by atoms with Crippen LogP contribution in [0, 0.1) is 11.3 Å². The van der Waals surface area contributed by atoms with Crippen molar-refractivity contribution < 1.29 is 0 Å². The van der Waals surface area contributed by atoms with Crippen LogP contribution in [0.2, 0.25) is 0 Å². The smallest absolute Gasteiger partial charge is 0.124 e. The number of rotatable bonds is 4. The fraction of sp³-hybridized carbons (Fsp3) is 0.455. The summed E-state index contributed by atoms with van der Waals surface area (Å²) in [5.74, 6) is 0.700. The van der Waals surface area contributed by atoms with Crippen LogP contribution in [-0.2, 0) is 0 Å². The molecule has 0 saturated carbocycles. The summed E-state index contributed by atoms with van der Waals surface area (Å²) in [4.78, 5) is 5.06. The predicted octanol–water partition coefficient (Wildman–Crippen LogP) is 2.50. The summed E-state index contributed by atoms with van der Waals surface area (Å²) < 4.78 is 0. The van der Waals surface area contributed by atoms with Crippen LogP contribution < -0.4 is 5.73 Å². The quantitative estimate of drug-likeness (QED) is 0.468. The Morgan fingerprint density at radius 3 is 2.67 bits per heavy atom. The van der Waals surface area contributed by atoms with Crippen LogP contribution >= 0.6 is 11.8 Å². The molecule has 0 bridgehead atoms. The molecule has 1 aromatic rings. The second kappa shape index (κ2) is 5.16. The number of pyridine rings is 1. The Balaban J connectivity index is 2.89. The standard InChI is InChI=1S/C11H17N3S/c1-7(2)8(3)15-10-6-14-5-4-9(10)11(12)13/h4-8H,1-3H3,(H3,12,13). The van der Waals surface area contributed by atoms with Crippen molar-refractivity contribution >= 4 is 17.6 Å². The largest absolute Gasteiger partial charge is 0.384 e. The number of nitrogen functional groups attached to an aromatic ring is 1. The fourth-order valence-corrected chi connectivity index (χ4v) is 2.13. The zero-order valence-corrected chi connectivity index (χ0v) is 10.1. The van der Waals surface area contributed by atoms with Crippen molar-refractivity contribution in [3.63, 3.8) is 0 Å². The van der Waals surface area contributed by atoms with E-state index in [9.17, 15) is 0 Å². The summed E-state index contributed by atoms with van der Waals surface area (Å²) >= 11 is 1.72. The minimum atomic E-state index is 0.107. The third-order valence-corrected chi connectivity index (χ3v) is 3.82. The highest BCUT2D eigenvalue weighted by atomic mass is 32.2. The van der Waals surface area contributed by atoms with Crippen LogP contribution in [-0.4, -0.2) is 16.1 Å². The second-order valence-electron chi connectivity index (χ2n) is 3.85. The molecular formula is C11H17N3S. The highest BCUT2D eigenvalue weighted by Gasteiger charge is 2.12. The van der Waals surface area contributed by atoms with Crippen LogP contribution in [0.1, 0.15) is 26.3 Å². The molecule has 0 saturated heterocycles. The molecule has 1 aromatic heterocycles. The molecule has 1 rings (SSSR count). The first-order chi connectivity index (χ1) is 7.02. The van der Waals surface area contributed by atoms with Gasteiger partial charge in [0, 0.05) is 28.1 Å². The van der Waals surface area contributed by atoms with Crippen molar-refractivity contribution in [2.24, 2.45) is 11.7 Å². The van der Waals surface area contributed by atoms with Gasteiger partial charge in [-0.1, -0.05) is 20.8 Å². The maximum absolute atomic E-state index is 7.46. The molecule has 0 amide bonds. The van der Waals surface area contributed by atoms with Crippen molar-refractivity contribution in [2.75, 3.05) is 0 Å². The number of nitrogens with zero attached hydrogens (tertiary/aromatic N) is 1. The molecule has 0 aliphatic carbocycles. The zero-order valence-electron chi connectivity index (χ0n) is 9.32. The molecule has 1 atom stereocenters. The molecule has 15 heavy (non-hydrogen) atoms. The molecule has 82 valence electrons. The van der Waals surface area contributed by atoms with Gasteiger partial charge in [0.25, 0.3) is 0 Å². The highest BCUT2D eigenvalue weighted by Crippen LogP contribution is 2.29. The van der Waals surface area contributed by atoms with E-state index in [1.165, 1.54) is 0 Å². The van der Waals surface area contributed by atoms with E-state index in [4.69, 9.17) is 11.1 Å². The van der Waals surface area contributed by atoms with Gasteiger partial charge in [0.05, 0.1) is 0 Å². The maximum atomic E-state index is 7.46. The number of hydrogen-bond donors (Lipinski definition) is 2. The molecule has 0 fully saturated rings. The normalized spacial score (nSPS) is 12.8. The van der Waals surface area contributed by atoms with Gasteiger partial charge in [0.2, 0.25) is 0 Å². The first-order valence-electron chi connectivity index (χ1n) is 4.97. The van der Waals surface area contributed by atoms with Crippen molar-refractivity contribution in [1.82, 2.24) is 4.98 Å². The first-order valence-corrected chi connectivity index (χ1v) is 5.85. The molecule has 0 radical (unpaired) electrons. The van der Waals surface area contributed by atoms with E-state index in [0.717, 1.165) is 10.5 Å². The van der Waals surface area contributed by atoms with Gasteiger partial charge < -0.3 is 5.73 Å². The summed E-state index contributed by atoms with van der Waals surface area (Å²) in [6.45, 7) is 6.54. The van der Waals surface area contributed by atoms with Crippen molar-refractivity contribution in [3.05, 3.63) is 24.0 Å². The van der Waals surface area contributed by atoms with Gasteiger partial charge in [-0.05, 0) is 12.0 Å². The average Bonchev–Trinajstić information content (AvgIpc) is 2.18. The van der Waals surface area contributed by atoms with Crippen LogP contribution in [0.5, 0.6) is 0 Å². The lowest BCUT2D eigenvalue weighted by Gasteiger charge is -2.16. The monoisotopic (exact) mass is 223 g/mol. The first kappa shape index (κ1) is 12.0. The maximum Gasteiger partial charge on any atom is 0.124 e. The third-order valence-electron chi connectivity index (χ3n) is 2.33. The lowest BCUT2D eigenvalue weighted by molar-refractivity contribution is 0.642. The molecule has 4 heteroatoms. The molecule has 1 unspecified atom stereocenters. The Morgan fingerprint density at radius 2 is 2.13 bits per heavy atom. The van der Waals surface area contributed by atoms with E-state index >= 15 is 0 Å². The predicted molar refractivity (Wildman–Crippen MR) is 65.4 cm³/mol. The van der Waals surface area contributed by atoms with Crippen molar-refractivity contribution in [3.8, 4) is 0 Å². The second-order valence-corrected chi connectivity index (χ2v) is 5.27. The van der Waals surface area contributed by atoms with E-state index in [0.29, 0.717) is 11.2 Å². The number of thioether (sulfide) groups is 1. The number of nitrogens with one attached hydrogen (secondary N) is 1. The molecule has 0 aliphatic rings. The number of hydrogen-bond acceptors (Lipinski definition) is 3. The summed E-state index contributed by atoms with van der Waals surface area (Å²) in [5, 5.41) is 7.96. The lowest BCUT2D eigenvalue weighted by atomic mass is 10.2. The van der Waals surface area contributed by atoms with Gasteiger partial charge in [-0.15, -0.1) is 11.8 Å². The molecule has 3 N–H and O–H groups in total. The third kappa shape index (κ3) is 3.23. The van der Waals surface area contributed by atoms with E-state index in [1.807, 2.05) is 0 Å². The molecule has 0 aliphatic heterocycles. The van der Waals surface area contributed by atoms with Crippen molar-refractivity contribution in [2.45, 2.75) is 30.9 Å². The Morgan fingerprint density at radius 1 is 1.47 bits per heavy atom. The van der Waals surface area contributed by atoms with E-state index in [2.05, 4.69) is 25.8 Å². The fourth-order valence-electron chi connectivity index (χ4n) is 1.03. The highest BCUT2D eigenvalue weighted by molar-refractivity contribution is 8.00. The van der Waals surface area contributed by atoms with Crippen LogP contribution in [0.25, 0.3) is 0 Å². The van der Waals surface area contributed by atoms with Gasteiger partial charge in [-0.2, -0.15) is 0 Å². The lowest BCUT2D eigenvalue weighted by Crippen LogP contribution is -2.14. The minimum Gasteiger partial charge on any atom is -0.384 e. The summed E-state index contributed by atoms with van der Waals surface area (Å²) in [6.07, 6.45) is 3.45. The van der Waals surface area contributed by atoms with Gasteiger partial charge in [-0.25, -0.2) is 0 Å². The van der Waals surface area contributed by atoms with Gasteiger partial charge in [0.15, 0.2) is 0 Å². The number of nitrogens with two attached hydrogens (primary N) is 1. The number of amidine groups is 1. The Labute approximate surface area is 95.0 Å². The average molecular weight is 223 g/mol. The van der Waals surface area contributed by atoms with Gasteiger partial charge >= 0.3 is 0 Å². The molecule has 0 spiro atoms. The number of aromatic nitrogens is 1. The summed E-state index contributed by atoms with van der Waals surface area (Å²) in [6, 6.07) is 1.79. The van der Waals surface area contributed by atoms with Crippen molar-refractivity contribution in [1.29, 1.82) is 5.41 Å². The van der Waals surface area contributed by atoms with E-state index < -0.39 is 0 Å². The molecule has 1 heterocycles. The molecule has 0 aromatic carbocycles. The van der Waals surface area contributed by atoms with Gasteiger partial charge in [0.1, 0.15) is 5.84 Å². The molecular weight excluding hydrogens is 206 g/mol. The molecule has 3 nitrogen and oxygen atoms in total. The zero-order chi connectivity index (χ0) is 11.4.